The lowest BCUT2D eigenvalue weighted by Gasteiger charge is -1.93. The number of nitrogens with zero attached hydrogens (tertiary/aromatic N) is 2. The second-order valence-corrected chi connectivity index (χ2v) is 2.90. The molecule has 0 spiro atoms. The van der Waals surface area contributed by atoms with Crippen molar-refractivity contribution in [1.29, 1.82) is 0 Å². The van der Waals surface area contributed by atoms with E-state index in [9.17, 15) is 4.79 Å². The molecule has 0 N–H and O–H groups in total. The Bertz CT molecular complexity index is 445. The summed E-state index contributed by atoms with van der Waals surface area (Å²) in [7, 11) is 0. The predicted molar refractivity (Wildman–Crippen MR) is 50.0 cm³/mol. The summed E-state index contributed by atoms with van der Waals surface area (Å²) in [5, 5.41) is 0. The Balaban J connectivity index is 2.74. The summed E-state index contributed by atoms with van der Waals surface area (Å²) < 4.78 is 1.88. The number of aryl methyl sites for hydroxylation is 1. The molecule has 2 aromatic rings. The van der Waals surface area contributed by atoms with Gasteiger partial charge in [-0.2, -0.15) is 0 Å². The summed E-state index contributed by atoms with van der Waals surface area (Å²) in [4.78, 5) is 15.0. The van der Waals surface area contributed by atoms with Crippen LogP contribution in [0.15, 0.2) is 24.5 Å². The van der Waals surface area contributed by atoms with Crippen molar-refractivity contribution in [3.8, 4) is 0 Å². The Morgan fingerprint density at radius 1 is 1.62 bits per heavy atom. The van der Waals surface area contributed by atoms with Crippen LogP contribution < -0.4 is 0 Å². The summed E-state index contributed by atoms with van der Waals surface area (Å²) in [6.07, 6.45) is 5.57. The van der Waals surface area contributed by atoms with Crippen LogP contribution in [-0.4, -0.2) is 15.7 Å². The lowest BCUT2D eigenvalue weighted by Crippen LogP contribution is -1.88. The topological polar surface area (TPSA) is 34.4 Å². The number of hydrogen-bond acceptors (Lipinski definition) is 2. The molecule has 2 aromatic heterocycles. The summed E-state index contributed by atoms with van der Waals surface area (Å²) in [6.45, 7) is 2.04. The number of imidazole rings is 1. The SMILES string of the molecule is CCc1cn2cccc(C=O)c2n1. The quantitative estimate of drug-likeness (QED) is 0.649. The Hall–Kier alpha value is -1.64. The Labute approximate surface area is 76.0 Å². The number of aldehydes is 1. The smallest absolute Gasteiger partial charge is 0.153 e. The van der Waals surface area contributed by atoms with E-state index in [1.807, 2.05) is 29.8 Å². The van der Waals surface area contributed by atoms with Gasteiger partial charge in [0.15, 0.2) is 6.29 Å². The van der Waals surface area contributed by atoms with E-state index in [2.05, 4.69) is 4.98 Å². The van der Waals surface area contributed by atoms with E-state index in [-0.39, 0.29) is 0 Å². The van der Waals surface area contributed by atoms with E-state index >= 15 is 0 Å². The van der Waals surface area contributed by atoms with Gasteiger partial charge in [0.2, 0.25) is 0 Å². The van der Waals surface area contributed by atoms with Gasteiger partial charge in [0, 0.05) is 12.4 Å². The Morgan fingerprint density at radius 3 is 3.15 bits per heavy atom. The van der Waals surface area contributed by atoms with Gasteiger partial charge in [-0.15, -0.1) is 0 Å². The molecule has 3 heteroatoms. The first kappa shape index (κ1) is 7.98. The van der Waals surface area contributed by atoms with Gasteiger partial charge in [-0.05, 0) is 18.6 Å². The summed E-state index contributed by atoms with van der Waals surface area (Å²) in [5.41, 5.74) is 2.39. The van der Waals surface area contributed by atoms with Crippen LogP contribution >= 0.6 is 0 Å². The van der Waals surface area contributed by atoms with E-state index in [0.717, 1.165) is 24.0 Å². The number of hydrogen-bond donors (Lipinski definition) is 0. The molecule has 0 fully saturated rings. The van der Waals surface area contributed by atoms with Crippen molar-refractivity contribution >= 4 is 11.9 Å². The highest BCUT2D eigenvalue weighted by Gasteiger charge is 2.03. The van der Waals surface area contributed by atoms with Crippen molar-refractivity contribution < 1.29 is 4.79 Å². The molecule has 3 nitrogen and oxygen atoms in total. The predicted octanol–water partition coefficient (Wildman–Crippen LogP) is 1.71. The average Bonchev–Trinajstić information content (AvgIpc) is 2.59. The van der Waals surface area contributed by atoms with Gasteiger partial charge in [0.1, 0.15) is 5.65 Å². The third-order valence-electron chi connectivity index (χ3n) is 2.05. The second-order valence-electron chi connectivity index (χ2n) is 2.90. The zero-order valence-electron chi connectivity index (χ0n) is 7.40. The van der Waals surface area contributed by atoms with E-state index < -0.39 is 0 Å². The Kier molecular flexibility index (Phi) is 1.85. The number of carbonyl (C=O) groups excluding carboxylic acids is 1. The first-order valence-corrected chi connectivity index (χ1v) is 4.27. The van der Waals surface area contributed by atoms with Crippen LogP contribution in [0.3, 0.4) is 0 Å². The van der Waals surface area contributed by atoms with Crippen LogP contribution in [0.25, 0.3) is 5.65 Å². The van der Waals surface area contributed by atoms with Crippen LogP contribution in [-0.2, 0) is 6.42 Å². The first-order chi connectivity index (χ1) is 6.35. The minimum atomic E-state index is 0.641. The molecule has 0 radical (unpaired) electrons. The van der Waals surface area contributed by atoms with Crippen molar-refractivity contribution in [1.82, 2.24) is 9.38 Å². The van der Waals surface area contributed by atoms with Gasteiger partial charge in [-0.1, -0.05) is 6.92 Å². The van der Waals surface area contributed by atoms with Crippen LogP contribution in [0.5, 0.6) is 0 Å². The molecule has 0 bridgehead atoms. The highest BCUT2D eigenvalue weighted by atomic mass is 16.1. The van der Waals surface area contributed by atoms with Gasteiger partial charge in [0.25, 0.3) is 0 Å². The summed E-state index contributed by atoms with van der Waals surface area (Å²) in [6, 6.07) is 3.62. The number of aromatic nitrogens is 2. The molecule has 0 amide bonds. The van der Waals surface area contributed by atoms with Crippen molar-refractivity contribution in [3.05, 3.63) is 35.8 Å². The number of pyridine rings is 1. The van der Waals surface area contributed by atoms with Gasteiger partial charge < -0.3 is 4.40 Å². The van der Waals surface area contributed by atoms with Crippen LogP contribution in [0, 0.1) is 0 Å². The highest BCUT2D eigenvalue weighted by Crippen LogP contribution is 2.09. The molecule has 13 heavy (non-hydrogen) atoms. The monoisotopic (exact) mass is 174 g/mol. The molecule has 66 valence electrons. The largest absolute Gasteiger partial charge is 0.306 e. The number of fused-ring (bicyclic) bond motifs is 1. The summed E-state index contributed by atoms with van der Waals surface area (Å²) >= 11 is 0. The van der Waals surface area contributed by atoms with Crippen LogP contribution in [0.1, 0.15) is 23.0 Å². The van der Waals surface area contributed by atoms with E-state index in [1.54, 1.807) is 6.07 Å². The molecule has 0 aromatic carbocycles. The van der Waals surface area contributed by atoms with Gasteiger partial charge in [0.05, 0.1) is 11.3 Å². The Morgan fingerprint density at radius 2 is 2.46 bits per heavy atom. The van der Waals surface area contributed by atoms with Gasteiger partial charge in [-0.3, -0.25) is 4.79 Å². The molecule has 0 unspecified atom stereocenters. The van der Waals surface area contributed by atoms with Crippen molar-refractivity contribution in [2.75, 3.05) is 0 Å². The summed E-state index contributed by atoms with van der Waals surface area (Å²) in [5.74, 6) is 0. The molecular weight excluding hydrogens is 164 g/mol. The molecule has 0 aliphatic heterocycles. The lowest BCUT2D eigenvalue weighted by molar-refractivity contribution is 0.112. The van der Waals surface area contributed by atoms with E-state index in [0.29, 0.717) is 5.56 Å². The number of carbonyl (C=O) groups is 1. The second kappa shape index (κ2) is 3.01. The standard InChI is InChI=1S/C10H10N2O/c1-2-9-6-12-5-3-4-8(7-13)10(12)11-9/h3-7H,2H2,1H3. The highest BCUT2D eigenvalue weighted by molar-refractivity contribution is 5.83. The molecule has 2 rings (SSSR count). The van der Waals surface area contributed by atoms with E-state index in [4.69, 9.17) is 0 Å². The molecular formula is C10H10N2O. The minimum Gasteiger partial charge on any atom is -0.306 e. The fraction of sp³-hybridized carbons (Fsp3) is 0.200. The molecule has 0 saturated carbocycles. The first-order valence-electron chi connectivity index (χ1n) is 4.27. The maximum Gasteiger partial charge on any atom is 0.153 e. The molecule has 0 saturated heterocycles. The third kappa shape index (κ3) is 1.22. The van der Waals surface area contributed by atoms with Crippen molar-refractivity contribution in [2.24, 2.45) is 0 Å². The zero-order valence-corrected chi connectivity index (χ0v) is 7.40. The molecule has 0 aliphatic carbocycles. The third-order valence-corrected chi connectivity index (χ3v) is 2.05. The van der Waals surface area contributed by atoms with Gasteiger partial charge >= 0.3 is 0 Å². The van der Waals surface area contributed by atoms with Crippen molar-refractivity contribution in [3.63, 3.8) is 0 Å². The van der Waals surface area contributed by atoms with Crippen molar-refractivity contribution in [2.45, 2.75) is 13.3 Å². The number of rotatable bonds is 2. The molecule has 2 heterocycles. The normalized spacial score (nSPS) is 10.5. The van der Waals surface area contributed by atoms with Crippen LogP contribution in [0.2, 0.25) is 0 Å². The lowest BCUT2D eigenvalue weighted by atomic mass is 10.3. The maximum atomic E-state index is 10.7. The van der Waals surface area contributed by atoms with E-state index in [1.165, 1.54) is 0 Å². The fourth-order valence-electron chi connectivity index (χ4n) is 1.35. The van der Waals surface area contributed by atoms with Gasteiger partial charge in [-0.25, -0.2) is 4.98 Å². The average molecular weight is 174 g/mol. The fourth-order valence-corrected chi connectivity index (χ4v) is 1.35. The van der Waals surface area contributed by atoms with Crippen LogP contribution in [0.4, 0.5) is 0 Å². The maximum absolute atomic E-state index is 10.7. The minimum absolute atomic E-state index is 0.641. The molecule has 0 aliphatic rings. The molecule has 0 atom stereocenters. The zero-order chi connectivity index (χ0) is 9.26.